The second-order valence-electron chi connectivity index (χ2n) is 5.83. The summed E-state index contributed by atoms with van der Waals surface area (Å²) in [7, 11) is 0. The normalized spacial score (nSPS) is 16.4. The maximum absolute atomic E-state index is 5.93. The summed E-state index contributed by atoms with van der Waals surface area (Å²) in [5, 5.41) is 3.50. The Bertz CT molecular complexity index is 354. The molecule has 0 radical (unpaired) electrons. The van der Waals surface area contributed by atoms with E-state index in [1.807, 2.05) is 0 Å². The van der Waals surface area contributed by atoms with Gasteiger partial charge in [-0.25, -0.2) is 0 Å². The highest BCUT2D eigenvalue weighted by molar-refractivity contribution is 5.22. The molecule has 20 heavy (non-hydrogen) atoms. The number of ether oxygens (including phenoxy) is 1. The quantitative estimate of drug-likeness (QED) is 0.722. The zero-order valence-electron chi connectivity index (χ0n) is 12.9. The van der Waals surface area contributed by atoms with Crippen molar-refractivity contribution in [2.45, 2.75) is 64.5 Å². The fourth-order valence-corrected chi connectivity index (χ4v) is 2.80. The third-order valence-corrected chi connectivity index (χ3v) is 4.16. The van der Waals surface area contributed by atoms with Crippen LogP contribution in [0.4, 0.5) is 0 Å². The highest BCUT2D eigenvalue weighted by Crippen LogP contribution is 2.20. The number of hydrogen-bond donors (Lipinski definition) is 1. The summed E-state index contributed by atoms with van der Waals surface area (Å²) in [6.45, 7) is 5.11. The average Bonchev–Trinajstić information content (AvgIpc) is 2.52. The van der Waals surface area contributed by atoms with Crippen LogP contribution >= 0.6 is 0 Å². The molecule has 0 heterocycles. The van der Waals surface area contributed by atoms with Gasteiger partial charge in [0.05, 0.1) is 6.10 Å². The highest BCUT2D eigenvalue weighted by Gasteiger charge is 2.12. The van der Waals surface area contributed by atoms with Crippen molar-refractivity contribution in [3.05, 3.63) is 35.4 Å². The Hall–Kier alpha value is -0.860. The summed E-state index contributed by atoms with van der Waals surface area (Å²) >= 11 is 0. The number of nitrogens with one attached hydrogen (secondary N) is 1. The fraction of sp³-hybridized carbons (Fsp3) is 0.667. The van der Waals surface area contributed by atoms with Crippen LogP contribution in [0, 0.1) is 0 Å². The highest BCUT2D eigenvalue weighted by atomic mass is 16.5. The van der Waals surface area contributed by atoms with Gasteiger partial charge in [0.25, 0.3) is 0 Å². The van der Waals surface area contributed by atoms with E-state index >= 15 is 0 Å². The smallest absolute Gasteiger partial charge is 0.0575 e. The van der Waals surface area contributed by atoms with Crippen molar-refractivity contribution in [2.24, 2.45) is 0 Å². The minimum Gasteiger partial charge on any atom is -0.378 e. The third kappa shape index (κ3) is 5.64. The van der Waals surface area contributed by atoms with Crippen molar-refractivity contribution in [1.82, 2.24) is 5.32 Å². The van der Waals surface area contributed by atoms with E-state index in [0.717, 1.165) is 32.5 Å². The molecule has 2 heteroatoms. The number of hydrogen-bond acceptors (Lipinski definition) is 2. The van der Waals surface area contributed by atoms with Crippen molar-refractivity contribution < 1.29 is 4.74 Å². The molecule has 2 nitrogen and oxygen atoms in total. The van der Waals surface area contributed by atoms with Crippen molar-refractivity contribution in [1.29, 1.82) is 0 Å². The fourth-order valence-electron chi connectivity index (χ4n) is 2.80. The lowest BCUT2D eigenvalue weighted by Crippen LogP contribution is -2.20. The molecule has 1 saturated carbocycles. The zero-order valence-corrected chi connectivity index (χ0v) is 12.9. The molecule has 0 bridgehead atoms. The van der Waals surface area contributed by atoms with Crippen molar-refractivity contribution in [3.63, 3.8) is 0 Å². The maximum Gasteiger partial charge on any atom is 0.0575 e. The Balaban J connectivity index is 1.50. The molecule has 1 aromatic rings. The van der Waals surface area contributed by atoms with E-state index in [2.05, 4.69) is 36.5 Å². The number of aryl methyl sites for hydroxylation is 1. The zero-order chi connectivity index (χ0) is 14.0. The predicted octanol–water partition coefficient (Wildman–Crippen LogP) is 4.08. The summed E-state index contributed by atoms with van der Waals surface area (Å²) in [4.78, 5) is 0. The minimum atomic E-state index is 0.547. The largest absolute Gasteiger partial charge is 0.378 e. The summed E-state index contributed by atoms with van der Waals surface area (Å²) in [5.41, 5.74) is 2.78. The molecule has 0 aromatic heterocycles. The number of rotatable bonds is 8. The molecule has 1 aromatic carbocycles. The maximum atomic E-state index is 5.93. The Morgan fingerprint density at radius 3 is 2.45 bits per heavy atom. The van der Waals surface area contributed by atoms with E-state index in [1.54, 1.807) is 0 Å². The second-order valence-corrected chi connectivity index (χ2v) is 5.83. The Kier molecular flexibility index (Phi) is 7.10. The molecule has 1 aliphatic carbocycles. The van der Waals surface area contributed by atoms with Crippen LogP contribution in [0.15, 0.2) is 24.3 Å². The van der Waals surface area contributed by atoms with Crippen LogP contribution in [0.5, 0.6) is 0 Å². The Morgan fingerprint density at radius 2 is 1.75 bits per heavy atom. The lowest BCUT2D eigenvalue weighted by molar-refractivity contribution is 0.0273. The van der Waals surface area contributed by atoms with Gasteiger partial charge in [-0.2, -0.15) is 0 Å². The van der Waals surface area contributed by atoms with Gasteiger partial charge >= 0.3 is 0 Å². The van der Waals surface area contributed by atoms with E-state index in [0.29, 0.717) is 6.10 Å². The van der Waals surface area contributed by atoms with Gasteiger partial charge in [-0.15, -0.1) is 0 Å². The first-order valence-electron chi connectivity index (χ1n) is 8.28. The van der Waals surface area contributed by atoms with Crippen LogP contribution in [-0.2, 0) is 17.7 Å². The molecule has 2 rings (SSSR count). The topological polar surface area (TPSA) is 21.3 Å². The van der Waals surface area contributed by atoms with Gasteiger partial charge in [-0.1, -0.05) is 50.5 Å². The van der Waals surface area contributed by atoms with Crippen LogP contribution in [-0.4, -0.2) is 19.3 Å². The van der Waals surface area contributed by atoms with Gasteiger partial charge in [0.15, 0.2) is 0 Å². The summed E-state index contributed by atoms with van der Waals surface area (Å²) in [6.07, 6.45) is 9.45. The first-order valence-corrected chi connectivity index (χ1v) is 8.28. The van der Waals surface area contributed by atoms with Crippen LogP contribution in [0.2, 0.25) is 0 Å². The standard InChI is InChI=1S/C18H29NO/c1-2-16-9-11-17(12-10-16)15-19-13-6-14-20-18-7-4-3-5-8-18/h9-12,18-19H,2-8,13-15H2,1H3. The Labute approximate surface area is 123 Å². The molecular weight excluding hydrogens is 246 g/mol. The first-order chi connectivity index (χ1) is 9.88. The lowest BCUT2D eigenvalue weighted by Gasteiger charge is -2.21. The van der Waals surface area contributed by atoms with Crippen LogP contribution in [0.25, 0.3) is 0 Å². The van der Waals surface area contributed by atoms with E-state index in [1.165, 1.54) is 43.2 Å². The Morgan fingerprint density at radius 1 is 1.05 bits per heavy atom. The molecule has 0 saturated heterocycles. The van der Waals surface area contributed by atoms with Crippen LogP contribution in [0.3, 0.4) is 0 Å². The monoisotopic (exact) mass is 275 g/mol. The molecule has 0 atom stereocenters. The molecule has 1 fully saturated rings. The van der Waals surface area contributed by atoms with Gasteiger partial charge < -0.3 is 10.1 Å². The van der Waals surface area contributed by atoms with Crippen molar-refractivity contribution in [2.75, 3.05) is 13.2 Å². The molecule has 0 aliphatic heterocycles. The molecule has 0 spiro atoms. The average molecular weight is 275 g/mol. The third-order valence-electron chi connectivity index (χ3n) is 4.16. The van der Waals surface area contributed by atoms with E-state index in [4.69, 9.17) is 4.74 Å². The summed E-state index contributed by atoms with van der Waals surface area (Å²) in [5.74, 6) is 0. The van der Waals surface area contributed by atoms with Crippen LogP contribution < -0.4 is 5.32 Å². The van der Waals surface area contributed by atoms with Gasteiger partial charge in [0, 0.05) is 13.2 Å². The van der Waals surface area contributed by atoms with E-state index in [-0.39, 0.29) is 0 Å². The van der Waals surface area contributed by atoms with Gasteiger partial charge in [-0.3, -0.25) is 0 Å². The minimum absolute atomic E-state index is 0.547. The van der Waals surface area contributed by atoms with Crippen molar-refractivity contribution >= 4 is 0 Å². The van der Waals surface area contributed by atoms with Gasteiger partial charge in [-0.05, 0) is 43.4 Å². The van der Waals surface area contributed by atoms with Crippen molar-refractivity contribution in [3.8, 4) is 0 Å². The van der Waals surface area contributed by atoms with Crippen LogP contribution in [0.1, 0.15) is 56.6 Å². The predicted molar refractivity (Wildman–Crippen MR) is 85.0 cm³/mol. The van der Waals surface area contributed by atoms with E-state index in [9.17, 15) is 0 Å². The molecular formula is C18H29NO. The molecule has 1 N–H and O–H groups in total. The van der Waals surface area contributed by atoms with Gasteiger partial charge in [0.2, 0.25) is 0 Å². The molecule has 112 valence electrons. The summed E-state index contributed by atoms with van der Waals surface area (Å²) in [6, 6.07) is 8.90. The SMILES string of the molecule is CCc1ccc(CNCCCOC2CCCCC2)cc1. The summed E-state index contributed by atoms with van der Waals surface area (Å²) < 4.78 is 5.93. The van der Waals surface area contributed by atoms with Gasteiger partial charge in [0.1, 0.15) is 0 Å². The molecule has 1 aliphatic rings. The lowest BCUT2D eigenvalue weighted by atomic mass is 9.98. The molecule has 0 amide bonds. The number of benzene rings is 1. The first kappa shape index (κ1) is 15.5. The second kappa shape index (κ2) is 9.15. The molecule has 0 unspecified atom stereocenters. The van der Waals surface area contributed by atoms with E-state index < -0.39 is 0 Å².